The van der Waals surface area contributed by atoms with E-state index < -0.39 is 0 Å². The van der Waals surface area contributed by atoms with Gasteiger partial charge in [0.2, 0.25) is 5.91 Å². The number of nitrogens with zero attached hydrogens (tertiary/aromatic N) is 2. The van der Waals surface area contributed by atoms with Crippen LogP contribution in [0.1, 0.15) is 0 Å². The molecule has 0 bridgehead atoms. The van der Waals surface area contributed by atoms with Crippen molar-refractivity contribution in [2.75, 3.05) is 35.7 Å². The number of hydrogen-bond acceptors (Lipinski definition) is 3. The van der Waals surface area contributed by atoms with Gasteiger partial charge >= 0.3 is 0 Å². The van der Waals surface area contributed by atoms with Gasteiger partial charge in [0, 0.05) is 23.8 Å². The van der Waals surface area contributed by atoms with Crippen molar-refractivity contribution in [3.63, 3.8) is 0 Å². The average Bonchev–Trinajstić information content (AvgIpc) is 2.26. The Bertz CT molecular complexity index is 424. The van der Waals surface area contributed by atoms with Crippen molar-refractivity contribution < 1.29 is 4.79 Å². The Labute approximate surface area is 109 Å². The van der Waals surface area contributed by atoms with E-state index in [0.717, 1.165) is 28.1 Å². The van der Waals surface area contributed by atoms with Gasteiger partial charge in [0.15, 0.2) is 0 Å². The molecule has 1 amide bonds. The van der Waals surface area contributed by atoms with Gasteiger partial charge in [-0.1, -0.05) is 15.9 Å². The lowest BCUT2D eigenvalue weighted by molar-refractivity contribution is -0.117. The van der Waals surface area contributed by atoms with E-state index in [1.54, 1.807) is 4.90 Å². The van der Waals surface area contributed by atoms with Crippen LogP contribution in [-0.4, -0.2) is 31.8 Å². The number of anilines is 2. The van der Waals surface area contributed by atoms with Crippen molar-refractivity contribution in [1.29, 1.82) is 0 Å². The van der Waals surface area contributed by atoms with E-state index in [0.29, 0.717) is 6.54 Å². The first-order chi connectivity index (χ1) is 7.63. The zero-order chi connectivity index (χ0) is 11.7. The Morgan fingerprint density at radius 2 is 2.19 bits per heavy atom. The van der Waals surface area contributed by atoms with Gasteiger partial charge in [-0.05, 0) is 18.2 Å². The summed E-state index contributed by atoms with van der Waals surface area (Å²) < 4.78 is 0.985. The Morgan fingerprint density at radius 1 is 1.44 bits per heavy atom. The molecule has 1 aliphatic rings. The molecule has 0 saturated carbocycles. The summed E-state index contributed by atoms with van der Waals surface area (Å²) in [6.07, 6.45) is 0. The largest absolute Gasteiger partial charge is 0.360 e. The maximum absolute atomic E-state index is 11.8. The van der Waals surface area contributed by atoms with Crippen LogP contribution in [0.25, 0.3) is 0 Å². The van der Waals surface area contributed by atoms with E-state index in [2.05, 4.69) is 33.5 Å². The van der Waals surface area contributed by atoms with Gasteiger partial charge in [-0.2, -0.15) is 12.6 Å². The lowest BCUT2D eigenvalue weighted by Gasteiger charge is -2.35. The standard InChI is InChI=1S/C11H13BrN2OS/c1-13-10-6-8(12)2-3-9(10)14(4-5-16)7-11(13)15/h2-3,6,16H,4-5,7H2,1H3. The molecule has 5 heteroatoms. The van der Waals surface area contributed by atoms with Crippen LogP contribution in [0, 0.1) is 0 Å². The number of fused-ring (bicyclic) bond motifs is 1. The van der Waals surface area contributed by atoms with Crippen LogP contribution < -0.4 is 9.80 Å². The zero-order valence-electron chi connectivity index (χ0n) is 8.98. The van der Waals surface area contributed by atoms with Crippen LogP contribution in [0.15, 0.2) is 22.7 Å². The van der Waals surface area contributed by atoms with Crippen LogP contribution in [0.4, 0.5) is 11.4 Å². The van der Waals surface area contributed by atoms with Crippen LogP contribution >= 0.6 is 28.6 Å². The van der Waals surface area contributed by atoms with E-state index >= 15 is 0 Å². The first-order valence-corrected chi connectivity index (χ1v) is 6.48. The summed E-state index contributed by atoms with van der Waals surface area (Å²) in [6.45, 7) is 1.23. The predicted molar refractivity (Wildman–Crippen MR) is 73.6 cm³/mol. The second-order valence-electron chi connectivity index (χ2n) is 3.73. The Balaban J connectivity index is 2.45. The number of hydrogen-bond donors (Lipinski definition) is 1. The monoisotopic (exact) mass is 300 g/mol. The molecule has 0 atom stereocenters. The van der Waals surface area contributed by atoms with Gasteiger partial charge in [0.05, 0.1) is 17.9 Å². The number of carbonyl (C=O) groups is 1. The molecule has 1 aliphatic heterocycles. The van der Waals surface area contributed by atoms with Crippen molar-refractivity contribution in [3.05, 3.63) is 22.7 Å². The smallest absolute Gasteiger partial charge is 0.246 e. The third-order valence-electron chi connectivity index (χ3n) is 2.71. The Hall–Kier alpha value is -0.680. The molecule has 0 fully saturated rings. The van der Waals surface area contributed by atoms with Gasteiger partial charge in [-0.3, -0.25) is 4.79 Å². The lowest BCUT2D eigenvalue weighted by Crippen LogP contribution is -2.44. The molecule has 0 radical (unpaired) electrons. The van der Waals surface area contributed by atoms with Gasteiger partial charge in [-0.25, -0.2) is 0 Å². The van der Waals surface area contributed by atoms with Gasteiger partial charge in [0.1, 0.15) is 0 Å². The molecular weight excluding hydrogens is 288 g/mol. The fourth-order valence-corrected chi connectivity index (χ4v) is 2.43. The fraction of sp³-hybridized carbons (Fsp3) is 0.364. The van der Waals surface area contributed by atoms with Gasteiger partial charge < -0.3 is 9.80 Å². The number of carbonyl (C=O) groups excluding carboxylic acids is 1. The number of thiol groups is 1. The third kappa shape index (κ3) is 2.06. The minimum Gasteiger partial charge on any atom is -0.360 e. The highest BCUT2D eigenvalue weighted by molar-refractivity contribution is 9.10. The minimum atomic E-state index is 0.118. The topological polar surface area (TPSA) is 23.6 Å². The lowest BCUT2D eigenvalue weighted by atomic mass is 10.1. The molecule has 0 aliphatic carbocycles. The minimum absolute atomic E-state index is 0.118. The summed E-state index contributed by atoms with van der Waals surface area (Å²) in [6, 6.07) is 6.00. The molecule has 0 N–H and O–H groups in total. The second-order valence-corrected chi connectivity index (χ2v) is 5.09. The molecule has 1 aromatic carbocycles. The quantitative estimate of drug-likeness (QED) is 0.846. The van der Waals surface area contributed by atoms with Crippen molar-refractivity contribution in [2.45, 2.75) is 0 Å². The highest BCUT2D eigenvalue weighted by Gasteiger charge is 2.26. The molecule has 0 spiro atoms. The van der Waals surface area contributed by atoms with E-state index in [4.69, 9.17) is 0 Å². The number of benzene rings is 1. The second kappa shape index (κ2) is 4.67. The molecule has 16 heavy (non-hydrogen) atoms. The SMILES string of the molecule is CN1C(=O)CN(CCS)c2ccc(Br)cc21. The van der Waals surface area contributed by atoms with E-state index in [1.807, 2.05) is 25.2 Å². The zero-order valence-corrected chi connectivity index (χ0v) is 11.5. The first kappa shape index (κ1) is 11.8. The maximum Gasteiger partial charge on any atom is 0.246 e. The van der Waals surface area contributed by atoms with Crippen LogP contribution in [0.5, 0.6) is 0 Å². The molecule has 0 unspecified atom stereocenters. The average molecular weight is 301 g/mol. The molecule has 1 heterocycles. The van der Waals surface area contributed by atoms with E-state index in [-0.39, 0.29) is 5.91 Å². The van der Waals surface area contributed by atoms with Crippen molar-refractivity contribution >= 4 is 45.8 Å². The highest BCUT2D eigenvalue weighted by atomic mass is 79.9. The van der Waals surface area contributed by atoms with Crippen LogP contribution in [0.2, 0.25) is 0 Å². The predicted octanol–water partition coefficient (Wildman–Crippen LogP) is 2.16. The molecular formula is C11H13BrN2OS. The molecule has 0 saturated heterocycles. The summed E-state index contributed by atoms with van der Waals surface area (Å²) in [7, 11) is 1.81. The molecule has 86 valence electrons. The number of rotatable bonds is 2. The molecule has 0 aromatic heterocycles. The maximum atomic E-state index is 11.8. The summed E-state index contributed by atoms with van der Waals surface area (Å²) in [5.41, 5.74) is 2.05. The van der Waals surface area contributed by atoms with Crippen LogP contribution in [-0.2, 0) is 4.79 Å². The first-order valence-electron chi connectivity index (χ1n) is 5.05. The molecule has 2 rings (SSSR count). The van der Waals surface area contributed by atoms with E-state index in [9.17, 15) is 4.79 Å². The molecule has 1 aromatic rings. The fourth-order valence-electron chi connectivity index (χ4n) is 1.84. The summed E-state index contributed by atoms with van der Waals surface area (Å²) >= 11 is 7.64. The molecule has 3 nitrogen and oxygen atoms in total. The van der Waals surface area contributed by atoms with E-state index in [1.165, 1.54) is 0 Å². The third-order valence-corrected chi connectivity index (χ3v) is 3.40. The summed E-state index contributed by atoms with van der Waals surface area (Å²) in [4.78, 5) is 15.6. The van der Waals surface area contributed by atoms with Crippen molar-refractivity contribution in [3.8, 4) is 0 Å². The Morgan fingerprint density at radius 3 is 2.88 bits per heavy atom. The Kier molecular flexibility index (Phi) is 3.44. The normalized spacial score (nSPS) is 15.3. The van der Waals surface area contributed by atoms with Gasteiger partial charge in [-0.15, -0.1) is 0 Å². The van der Waals surface area contributed by atoms with Gasteiger partial charge in [0.25, 0.3) is 0 Å². The number of likely N-dealkylation sites (N-methyl/N-ethyl adjacent to an activating group) is 1. The van der Waals surface area contributed by atoms with Crippen LogP contribution in [0.3, 0.4) is 0 Å². The number of halogens is 1. The van der Waals surface area contributed by atoms with Crippen molar-refractivity contribution in [2.24, 2.45) is 0 Å². The summed E-state index contributed by atoms with van der Waals surface area (Å²) in [5.74, 6) is 0.861. The highest BCUT2D eigenvalue weighted by Crippen LogP contribution is 2.34. The summed E-state index contributed by atoms with van der Waals surface area (Å²) in [5, 5.41) is 0. The number of amides is 1. The van der Waals surface area contributed by atoms with Crippen molar-refractivity contribution in [1.82, 2.24) is 0 Å².